The number of amides is 2. The van der Waals surface area contributed by atoms with Gasteiger partial charge < -0.3 is 15.0 Å². The standard InChI is InChI=1S/C29H37N3O2/c1-21(23-16-17-26(34-5)25-15-10-9-14-24(23)25)30-28(33)32(20-22-12-7-6-8-13-22)27-29(2,3)18-11-19-31(27)4/h6-10,12-17,21,27H,11,18-20H2,1-5H3,(H,30,33). The van der Waals surface area contributed by atoms with E-state index in [1.54, 1.807) is 7.11 Å². The summed E-state index contributed by atoms with van der Waals surface area (Å²) >= 11 is 0. The summed E-state index contributed by atoms with van der Waals surface area (Å²) in [4.78, 5) is 18.2. The molecule has 180 valence electrons. The van der Waals surface area contributed by atoms with E-state index in [4.69, 9.17) is 4.74 Å². The third-order valence-corrected chi connectivity index (χ3v) is 7.14. The monoisotopic (exact) mass is 459 g/mol. The third kappa shape index (κ3) is 4.90. The summed E-state index contributed by atoms with van der Waals surface area (Å²) in [5.41, 5.74) is 2.21. The molecule has 1 fully saturated rings. The van der Waals surface area contributed by atoms with Gasteiger partial charge in [-0.2, -0.15) is 0 Å². The second kappa shape index (κ2) is 10.1. The Labute approximate surface area is 203 Å². The molecule has 1 aliphatic heterocycles. The molecular formula is C29H37N3O2. The average molecular weight is 460 g/mol. The van der Waals surface area contributed by atoms with E-state index in [0.29, 0.717) is 6.54 Å². The van der Waals surface area contributed by atoms with Crippen LogP contribution in [-0.2, 0) is 6.54 Å². The van der Waals surface area contributed by atoms with Gasteiger partial charge in [0.1, 0.15) is 5.75 Å². The van der Waals surface area contributed by atoms with Gasteiger partial charge in [-0.15, -0.1) is 0 Å². The summed E-state index contributed by atoms with van der Waals surface area (Å²) in [5.74, 6) is 0.842. The fourth-order valence-corrected chi connectivity index (χ4v) is 5.54. The minimum Gasteiger partial charge on any atom is -0.496 e. The molecule has 1 aliphatic rings. The first kappa shape index (κ1) is 24.1. The Morgan fingerprint density at radius 1 is 1.09 bits per heavy atom. The van der Waals surface area contributed by atoms with Crippen molar-refractivity contribution < 1.29 is 9.53 Å². The predicted octanol–water partition coefficient (Wildman–Crippen LogP) is 6.20. The number of nitrogens with one attached hydrogen (secondary N) is 1. The lowest BCUT2D eigenvalue weighted by atomic mass is 9.80. The molecule has 0 saturated carbocycles. The first-order valence-electron chi connectivity index (χ1n) is 12.2. The lowest BCUT2D eigenvalue weighted by Crippen LogP contribution is -2.60. The van der Waals surface area contributed by atoms with Gasteiger partial charge in [0, 0.05) is 11.9 Å². The number of benzene rings is 3. The van der Waals surface area contributed by atoms with E-state index < -0.39 is 0 Å². The predicted molar refractivity (Wildman–Crippen MR) is 139 cm³/mol. The van der Waals surface area contributed by atoms with Crippen molar-refractivity contribution in [1.82, 2.24) is 15.1 Å². The van der Waals surface area contributed by atoms with Gasteiger partial charge in [-0.05, 0) is 61.4 Å². The Morgan fingerprint density at radius 3 is 2.44 bits per heavy atom. The normalized spacial score (nSPS) is 18.9. The molecule has 2 unspecified atom stereocenters. The average Bonchev–Trinajstić information content (AvgIpc) is 2.82. The number of urea groups is 1. The largest absolute Gasteiger partial charge is 0.496 e. The Hall–Kier alpha value is -3.05. The van der Waals surface area contributed by atoms with E-state index >= 15 is 0 Å². The topological polar surface area (TPSA) is 44.8 Å². The minimum atomic E-state index is -0.154. The van der Waals surface area contributed by atoms with Crippen LogP contribution >= 0.6 is 0 Å². The van der Waals surface area contributed by atoms with Crippen LogP contribution in [0.4, 0.5) is 4.79 Å². The molecule has 3 aromatic carbocycles. The van der Waals surface area contributed by atoms with Gasteiger partial charge in [0.05, 0.1) is 19.3 Å². The molecule has 2 amide bonds. The van der Waals surface area contributed by atoms with E-state index in [2.05, 4.69) is 68.4 Å². The number of carbonyl (C=O) groups is 1. The zero-order valence-corrected chi connectivity index (χ0v) is 21.0. The molecule has 1 saturated heterocycles. The zero-order chi connectivity index (χ0) is 24.3. The highest BCUT2D eigenvalue weighted by atomic mass is 16.5. The molecule has 4 rings (SSSR count). The van der Waals surface area contributed by atoms with E-state index in [1.165, 1.54) is 0 Å². The van der Waals surface area contributed by atoms with E-state index in [1.807, 2.05) is 41.3 Å². The first-order chi connectivity index (χ1) is 16.3. The van der Waals surface area contributed by atoms with Gasteiger partial charge in [-0.3, -0.25) is 4.90 Å². The quantitative estimate of drug-likeness (QED) is 0.477. The fraction of sp³-hybridized carbons (Fsp3) is 0.414. The number of fused-ring (bicyclic) bond motifs is 1. The molecule has 0 spiro atoms. The summed E-state index contributed by atoms with van der Waals surface area (Å²) in [6.45, 7) is 8.17. The number of ether oxygens (including phenoxy) is 1. The number of hydrogen-bond acceptors (Lipinski definition) is 3. The molecule has 0 radical (unpaired) electrons. The SMILES string of the molecule is COc1ccc(C(C)NC(=O)N(Cc2ccccc2)C2N(C)CCCC2(C)C)c2ccccc12. The summed E-state index contributed by atoms with van der Waals surface area (Å²) < 4.78 is 5.56. The Kier molecular flexibility index (Phi) is 7.13. The fourth-order valence-electron chi connectivity index (χ4n) is 5.54. The van der Waals surface area contributed by atoms with Crippen molar-refractivity contribution in [3.8, 4) is 5.75 Å². The van der Waals surface area contributed by atoms with E-state index in [0.717, 1.165) is 47.0 Å². The van der Waals surface area contributed by atoms with Crippen LogP contribution in [0.2, 0.25) is 0 Å². The lowest BCUT2D eigenvalue weighted by molar-refractivity contribution is -0.0373. The van der Waals surface area contributed by atoms with Gasteiger partial charge in [0.25, 0.3) is 0 Å². The third-order valence-electron chi connectivity index (χ3n) is 7.14. The second-order valence-corrected chi connectivity index (χ2v) is 10.1. The van der Waals surface area contributed by atoms with E-state index in [-0.39, 0.29) is 23.7 Å². The van der Waals surface area contributed by atoms with Crippen LogP contribution in [-0.4, -0.2) is 42.7 Å². The van der Waals surface area contributed by atoms with Crippen molar-refractivity contribution in [3.05, 3.63) is 77.9 Å². The molecule has 2 atom stereocenters. The van der Waals surface area contributed by atoms with Crippen molar-refractivity contribution in [2.24, 2.45) is 5.41 Å². The van der Waals surface area contributed by atoms with E-state index in [9.17, 15) is 4.79 Å². The van der Waals surface area contributed by atoms with Crippen molar-refractivity contribution in [2.75, 3.05) is 20.7 Å². The van der Waals surface area contributed by atoms with Gasteiger partial charge in [0.2, 0.25) is 0 Å². The van der Waals surface area contributed by atoms with Gasteiger partial charge in [-0.25, -0.2) is 4.79 Å². The number of nitrogens with zero attached hydrogens (tertiary/aromatic N) is 2. The molecule has 5 heteroatoms. The maximum absolute atomic E-state index is 13.9. The summed E-state index contributed by atoms with van der Waals surface area (Å²) in [7, 11) is 3.83. The highest BCUT2D eigenvalue weighted by Gasteiger charge is 2.42. The Morgan fingerprint density at radius 2 is 1.76 bits per heavy atom. The minimum absolute atomic E-state index is 0.00479. The second-order valence-electron chi connectivity index (χ2n) is 10.1. The maximum atomic E-state index is 13.9. The highest BCUT2D eigenvalue weighted by molar-refractivity contribution is 5.91. The molecule has 34 heavy (non-hydrogen) atoms. The maximum Gasteiger partial charge on any atom is 0.319 e. The lowest BCUT2D eigenvalue weighted by Gasteiger charge is -2.50. The molecule has 0 aromatic heterocycles. The van der Waals surface area contributed by atoms with Crippen molar-refractivity contribution in [2.45, 2.75) is 52.4 Å². The highest BCUT2D eigenvalue weighted by Crippen LogP contribution is 2.37. The van der Waals surface area contributed by atoms with Crippen molar-refractivity contribution in [3.63, 3.8) is 0 Å². The van der Waals surface area contributed by atoms with Crippen LogP contribution in [0.1, 0.15) is 50.8 Å². The molecule has 5 nitrogen and oxygen atoms in total. The van der Waals surface area contributed by atoms with Crippen LogP contribution in [0.5, 0.6) is 5.75 Å². The van der Waals surface area contributed by atoms with Gasteiger partial charge in [0.15, 0.2) is 0 Å². The van der Waals surface area contributed by atoms with Crippen LogP contribution in [0.3, 0.4) is 0 Å². The molecule has 0 bridgehead atoms. The van der Waals surface area contributed by atoms with Crippen LogP contribution in [0.25, 0.3) is 10.8 Å². The summed E-state index contributed by atoms with van der Waals surface area (Å²) in [5, 5.41) is 5.47. The number of methoxy groups -OCH3 is 1. The number of rotatable bonds is 6. The number of piperidine rings is 1. The Balaban J connectivity index is 1.65. The van der Waals surface area contributed by atoms with Crippen molar-refractivity contribution >= 4 is 16.8 Å². The molecule has 0 aliphatic carbocycles. The van der Waals surface area contributed by atoms with Gasteiger partial charge in [-0.1, -0.05) is 74.5 Å². The smallest absolute Gasteiger partial charge is 0.319 e. The molecule has 1 N–H and O–H groups in total. The number of carbonyl (C=O) groups excluding carboxylic acids is 1. The molecule has 1 heterocycles. The molecular weight excluding hydrogens is 422 g/mol. The van der Waals surface area contributed by atoms with Crippen molar-refractivity contribution in [1.29, 1.82) is 0 Å². The van der Waals surface area contributed by atoms with Gasteiger partial charge >= 0.3 is 6.03 Å². The van der Waals surface area contributed by atoms with Crippen LogP contribution < -0.4 is 10.1 Å². The van der Waals surface area contributed by atoms with Crippen LogP contribution in [0.15, 0.2) is 66.7 Å². The van der Waals surface area contributed by atoms with Crippen LogP contribution in [0, 0.1) is 5.41 Å². The molecule has 3 aromatic rings. The number of hydrogen-bond donors (Lipinski definition) is 1. The summed E-state index contributed by atoms with van der Waals surface area (Å²) in [6, 6.07) is 22.3. The number of likely N-dealkylation sites (tertiary alicyclic amines) is 1. The zero-order valence-electron chi connectivity index (χ0n) is 21.0. The Bertz CT molecular complexity index is 1130. The summed E-state index contributed by atoms with van der Waals surface area (Å²) in [6.07, 6.45) is 2.26. The first-order valence-corrected chi connectivity index (χ1v) is 12.2.